The number of nitrogens with zero attached hydrogens (tertiary/aromatic N) is 1. The summed E-state index contributed by atoms with van der Waals surface area (Å²) in [5, 5.41) is 2.82. The van der Waals surface area contributed by atoms with E-state index in [0.717, 1.165) is 12.0 Å². The number of amides is 1. The Bertz CT molecular complexity index is 568. The van der Waals surface area contributed by atoms with E-state index >= 15 is 0 Å². The molecule has 7 heteroatoms. The largest absolute Gasteiger partial charge is 0.385 e. The molecule has 0 saturated heterocycles. The molecule has 0 fully saturated rings. The number of carbonyl (C=O) groups excluding carboxylic acids is 1. The minimum absolute atomic E-state index is 0.0129. The number of aryl methyl sites for hydroxylation is 1. The van der Waals surface area contributed by atoms with Gasteiger partial charge >= 0.3 is 0 Å². The number of hydrogen-bond donors (Lipinski definition) is 1. The second-order valence-corrected chi connectivity index (χ2v) is 7.28. The maximum absolute atomic E-state index is 11.9. The van der Waals surface area contributed by atoms with Crippen LogP contribution in [-0.2, 0) is 26.0 Å². The Kier molecular flexibility index (Phi) is 7.50. The minimum atomic E-state index is -3.40. The van der Waals surface area contributed by atoms with Crippen molar-refractivity contribution in [3.8, 4) is 0 Å². The first kappa shape index (κ1) is 18.6. The summed E-state index contributed by atoms with van der Waals surface area (Å²) in [6.07, 6.45) is 1.75. The van der Waals surface area contributed by atoms with Gasteiger partial charge in [0.1, 0.15) is 0 Å². The summed E-state index contributed by atoms with van der Waals surface area (Å²) in [6.45, 7) is 1.23. The van der Waals surface area contributed by atoms with Crippen LogP contribution < -0.4 is 5.32 Å². The van der Waals surface area contributed by atoms with Crippen molar-refractivity contribution in [1.82, 2.24) is 9.62 Å². The quantitative estimate of drug-likeness (QED) is 0.687. The molecule has 0 spiro atoms. The highest BCUT2D eigenvalue weighted by Gasteiger charge is 2.16. The second-order valence-electron chi connectivity index (χ2n) is 5.13. The lowest BCUT2D eigenvalue weighted by atomic mass is 10.1. The number of benzene rings is 1. The van der Waals surface area contributed by atoms with E-state index in [0.29, 0.717) is 26.0 Å². The van der Waals surface area contributed by atoms with Crippen molar-refractivity contribution in [3.63, 3.8) is 0 Å². The lowest BCUT2D eigenvalue weighted by Crippen LogP contribution is -2.25. The number of sulfonamides is 1. The van der Waals surface area contributed by atoms with Crippen LogP contribution in [0.1, 0.15) is 18.4 Å². The fraction of sp³-hybridized carbons (Fsp3) is 0.533. The number of hydrogen-bond acceptors (Lipinski definition) is 4. The molecule has 0 aliphatic heterocycles. The lowest BCUT2D eigenvalue weighted by Gasteiger charge is -2.11. The van der Waals surface area contributed by atoms with Gasteiger partial charge in [0.15, 0.2) is 0 Å². The average molecular weight is 328 g/mol. The number of rotatable bonds is 9. The van der Waals surface area contributed by atoms with Crippen LogP contribution in [0.15, 0.2) is 29.2 Å². The molecule has 124 valence electrons. The standard InChI is InChI=1S/C15H24N2O4S/c1-17(2)22(19,20)14-8-5-13(6-9-14)7-10-15(18)16-11-4-12-21-3/h5-6,8-9H,4,7,10-12H2,1-3H3,(H,16,18). The molecule has 6 nitrogen and oxygen atoms in total. The normalized spacial score (nSPS) is 11.6. The van der Waals surface area contributed by atoms with Crippen molar-refractivity contribution in [2.24, 2.45) is 0 Å². The van der Waals surface area contributed by atoms with E-state index in [1.165, 1.54) is 18.4 Å². The highest BCUT2D eigenvalue weighted by molar-refractivity contribution is 7.89. The van der Waals surface area contributed by atoms with Crippen molar-refractivity contribution in [2.75, 3.05) is 34.4 Å². The molecule has 0 heterocycles. The first-order valence-electron chi connectivity index (χ1n) is 7.15. The molecule has 0 unspecified atom stereocenters. The molecule has 0 bridgehead atoms. The van der Waals surface area contributed by atoms with Gasteiger partial charge in [0, 0.05) is 40.8 Å². The molecule has 1 amide bonds. The smallest absolute Gasteiger partial charge is 0.242 e. The van der Waals surface area contributed by atoms with Gasteiger partial charge in [-0.1, -0.05) is 12.1 Å². The zero-order valence-electron chi connectivity index (χ0n) is 13.3. The van der Waals surface area contributed by atoms with E-state index in [1.54, 1.807) is 31.4 Å². The summed E-state index contributed by atoms with van der Waals surface area (Å²) in [4.78, 5) is 11.9. The van der Waals surface area contributed by atoms with Crippen LogP contribution in [0.25, 0.3) is 0 Å². The maximum Gasteiger partial charge on any atom is 0.242 e. The van der Waals surface area contributed by atoms with Gasteiger partial charge in [0.2, 0.25) is 15.9 Å². The van der Waals surface area contributed by atoms with Crippen LogP contribution in [0.2, 0.25) is 0 Å². The van der Waals surface area contributed by atoms with Crippen LogP contribution >= 0.6 is 0 Å². The van der Waals surface area contributed by atoms with Crippen molar-refractivity contribution in [2.45, 2.75) is 24.2 Å². The van der Waals surface area contributed by atoms with Crippen molar-refractivity contribution in [3.05, 3.63) is 29.8 Å². The topological polar surface area (TPSA) is 75.7 Å². The Morgan fingerprint density at radius 2 is 1.86 bits per heavy atom. The fourth-order valence-electron chi connectivity index (χ4n) is 1.83. The average Bonchev–Trinajstić information content (AvgIpc) is 2.50. The predicted molar refractivity (Wildman–Crippen MR) is 85.1 cm³/mol. The van der Waals surface area contributed by atoms with E-state index in [-0.39, 0.29) is 10.8 Å². The Hall–Kier alpha value is -1.44. The molecule has 1 aromatic rings. The summed E-state index contributed by atoms with van der Waals surface area (Å²) in [5.41, 5.74) is 0.935. The zero-order chi connectivity index (χ0) is 16.6. The monoisotopic (exact) mass is 328 g/mol. The van der Waals surface area contributed by atoms with Gasteiger partial charge in [0.25, 0.3) is 0 Å². The van der Waals surface area contributed by atoms with Gasteiger partial charge in [-0.3, -0.25) is 4.79 Å². The predicted octanol–water partition coefficient (Wildman–Crippen LogP) is 1.02. The van der Waals surface area contributed by atoms with E-state index < -0.39 is 10.0 Å². The SMILES string of the molecule is COCCCNC(=O)CCc1ccc(S(=O)(=O)N(C)C)cc1. The van der Waals surface area contributed by atoms with Crippen molar-refractivity contribution >= 4 is 15.9 Å². The molecule has 0 aromatic heterocycles. The minimum Gasteiger partial charge on any atom is -0.385 e. The molecule has 0 aliphatic rings. The molecule has 0 radical (unpaired) electrons. The molecule has 22 heavy (non-hydrogen) atoms. The first-order valence-corrected chi connectivity index (χ1v) is 8.59. The molecule has 0 atom stereocenters. The van der Waals surface area contributed by atoms with Crippen molar-refractivity contribution in [1.29, 1.82) is 0 Å². The number of nitrogens with one attached hydrogen (secondary N) is 1. The molecule has 1 aromatic carbocycles. The van der Waals surface area contributed by atoms with Gasteiger partial charge in [-0.05, 0) is 30.5 Å². The van der Waals surface area contributed by atoms with Crippen LogP contribution in [0.4, 0.5) is 0 Å². The van der Waals surface area contributed by atoms with E-state index in [1.807, 2.05) is 0 Å². The van der Waals surface area contributed by atoms with Gasteiger partial charge in [0.05, 0.1) is 4.90 Å². The summed E-state index contributed by atoms with van der Waals surface area (Å²) in [7, 11) is 1.22. The molecule has 1 N–H and O–H groups in total. The number of methoxy groups -OCH3 is 1. The summed E-state index contributed by atoms with van der Waals surface area (Å²) in [5.74, 6) is -0.0129. The molecule has 1 rings (SSSR count). The van der Waals surface area contributed by atoms with E-state index in [2.05, 4.69) is 5.32 Å². The Morgan fingerprint density at radius 1 is 1.23 bits per heavy atom. The third kappa shape index (κ3) is 5.75. The molecular formula is C15H24N2O4S. The highest BCUT2D eigenvalue weighted by Crippen LogP contribution is 2.14. The maximum atomic E-state index is 11.9. The third-order valence-electron chi connectivity index (χ3n) is 3.19. The summed E-state index contributed by atoms with van der Waals surface area (Å²) >= 11 is 0. The number of carbonyl (C=O) groups is 1. The van der Waals surface area contributed by atoms with E-state index in [4.69, 9.17) is 4.74 Å². The molecular weight excluding hydrogens is 304 g/mol. The van der Waals surface area contributed by atoms with Crippen LogP contribution in [0.3, 0.4) is 0 Å². The zero-order valence-corrected chi connectivity index (χ0v) is 14.1. The van der Waals surface area contributed by atoms with Crippen LogP contribution in [0.5, 0.6) is 0 Å². The lowest BCUT2D eigenvalue weighted by molar-refractivity contribution is -0.121. The number of ether oxygens (including phenoxy) is 1. The summed E-state index contributed by atoms with van der Waals surface area (Å²) < 4.78 is 29.9. The van der Waals surface area contributed by atoms with Gasteiger partial charge < -0.3 is 10.1 Å². The second kappa shape index (κ2) is 8.87. The fourth-order valence-corrected chi connectivity index (χ4v) is 2.73. The molecule has 0 saturated carbocycles. The Balaban J connectivity index is 2.47. The molecule has 0 aliphatic carbocycles. The van der Waals surface area contributed by atoms with Crippen LogP contribution in [0, 0.1) is 0 Å². The Morgan fingerprint density at radius 3 is 2.41 bits per heavy atom. The van der Waals surface area contributed by atoms with Crippen LogP contribution in [-0.4, -0.2) is 53.0 Å². The Labute approximate surface area is 132 Å². The van der Waals surface area contributed by atoms with Crippen molar-refractivity contribution < 1.29 is 17.9 Å². The first-order chi connectivity index (χ1) is 10.4. The third-order valence-corrected chi connectivity index (χ3v) is 5.02. The van der Waals surface area contributed by atoms with Gasteiger partial charge in [-0.2, -0.15) is 0 Å². The van der Waals surface area contributed by atoms with E-state index in [9.17, 15) is 13.2 Å². The summed E-state index contributed by atoms with van der Waals surface area (Å²) in [6, 6.07) is 6.63. The van der Waals surface area contributed by atoms with Gasteiger partial charge in [-0.25, -0.2) is 12.7 Å². The van der Waals surface area contributed by atoms with Gasteiger partial charge in [-0.15, -0.1) is 0 Å². The highest BCUT2D eigenvalue weighted by atomic mass is 32.2.